The summed E-state index contributed by atoms with van der Waals surface area (Å²) in [5.74, 6) is 1.93. The van der Waals surface area contributed by atoms with Crippen molar-refractivity contribution >= 4 is 27.4 Å². The van der Waals surface area contributed by atoms with E-state index in [-0.39, 0.29) is 0 Å². The third kappa shape index (κ3) is 3.33. The Kier molecular flexibility index (Phi) is 5.04. The van der Waals surface area contributed by atoms with Crippen LogP contribution >= 0.6 is 0 Å². The Morgan fingerprint density at radius 1 is 0.644 bits per heavy atom. The summed E-state index contributed by atoms with van der Waals surface area (Å²) in [4.78, 5) is 8.35. The van der Waals surface area contributed by atoms with E-state index >= 15 is 0 Å². The first-order valence-corrected chi connectivity index (χ1v) is 15.7. The quantitative estimate of drug-likeness (QED) is 0.222. The summed E-state index contributed by atoms with van der Waals surface area (Å²) in [7, 11) is 0. The van der Waals surface area contributed by atoms with Crippen LogP contribution < -0.4 is 4.74 Å². The zero-order valence-corrected chi connectivity index (χ0v) is 24.5. The summed E-state index contributed by atoms with van der Waals surface area (Å²) in [5, 5.41) is 2.30. The monoisotopic (exact) mass is 576 g/mol. The number of H-pyrrole nitrogens is 1. The van der Waals surface area contributed by atoms with Gasteiger partial charge in [0.15, 0.2) is 0 Å². The van der Waals surface area contributed by atoms with E-state index in [0.29, 0.717) is 0 Å². The maximum atomic E-state index is 6.96. The number of rotatable bonds is 2. The van der Waals surface area contributed by atoms with Gasteiger partial charge in [-0.3, -0.25) is 4.98 Å². The Morgan fingerprint density at radius 3 is 2.20 bits per heavy atom. The Morgan fingerprint density at radius 2 is 1.36 bits per heavy atom. The van der Waals surface area contributed by atoms with Crippen molar-refractivity contribution in [3.05, 3.63) is 173 Å². The molecule has 1 spiro atoms. The number of nitrogens with one attached hydrogen (secondary N) is 1. The van der Waals surface area contributed by atoms with Crippen LogP contribution in [0.3, 0.4) is 0 Å². The summed E-state index contributed by atoms with van der Waals surface area (Å²) in [5.41, 5.74) is 14.1. The third-order valence-electron chi connectivity index (χ3n) is 10.0. The molecular weight excluding hydrogens is 548 g/mol. The number of allylic oxidation sites excluding steroid dienone is 3. The van der Waals surface area contributed by atoms with E-state index < -0.39 is 5.41 Å². The van der Waals surface area contributed by atoms with Gasteiger partial charge in [-0.15, -0.1) is 0 Å². The van der Waals surface area contributed by atoms with Gasteiger partial charge in [0.1, 0.15) is 11.5 Å². The molecule has 2 aliphatic carbocycles. The first-order valence-electron chi connectivity index (χ1n) is 15.7. The molecule has 3 heteroatoms. The molecule has 0 radical (unpaired) electrons. The molecule has 7 aromatic rings. The van der Waals surface area contributed by atoms with E-state index in [1.807, 2.05) is 6.20 Å². The average Bonchev–Trinajstić information content (AvgIpc) is 3.71. The van der Waals surface area contributed by atoms with Crippen molar-refractivity contribution in [1.29, 1.82) is 0 Å². The standard InChI is InChI=1S/C42H28N2O/c1-3-14-33-31(11-1)32-12-2-4-15-34(32)42(33)35-16-5-6-18-38(35)45-41-30(13-8-17-36(41)42)28-9-7-10-29(25-28)37-22-21-26-19-20-27-23-24-43-39(27)40(26)44-37/h1-7,9-16,18-25,44H,8,17H2. The fraction of sp³-hybridized carbons (Fsp3) is 0.0714. The van der Waals surface area contributed by atoms with E-state index in [0.717, 1.165) is 68.6 Å². The minimum absolute atomic E-state index is 0.390. The molecular formula is C42H28N2O. The van der Waals surface area contributed by atoms with E-state index in [2.05, 4.69) is 143 Å². The number of aromatic amines is 1. The molecule has 0 fully saturated rings. The smallest absolute Gasteiger partial charge is 0.135 e. The van der Waals surface area contributed by atoms with Crippen molar-refractivity contribution in [3.8, 4) is 28.1 Å². The molecule has 3 nitrogen and oxygen atoms in total. The summed E-state index contributed by atoms with van der Waals surface area (Å²) < 4.78 is 6.96. The van der Waals surface area contributed by atoms with Crippen LogP contribution in [0.5, 0.6) is 5.75 Å². The third-order valence-corrected chi connectivity index (χ3v) is 10.0. The Labute approximate surface area is 261 Å². The van der Waals surface area contributed by atoms with Gasteiger partial charge in [0, 0.05) is 33.8 Å². The lowest BCUT2D eigenvalue weighted by Crippen LogP contribution is -2.36. The first-order chi connectivity index (χ1) is 22.3. The van der Waals surface area contributed by atoms with E-state index in [4.69, 9.17) is 4.74 Å². The van der Waals surface area contributed by atoms with Crippen molar-refractivity contribution in [2.24, 2.45) is 0 Å². The molecule has 45 heavy (non-hydrogen) atoms. The van der Waals surface area contributed by atoms with E-state index in [1.165, 1.54) is 33.4 Å². The van der Waals surface area contributed by atoms with Crippen LogP contribution in [-0.2, 0) is 5.41 Å². The number of nitrogens with zero attached hydrogens (tertiary/aromatic N) is 1. The molecule has 10 rings (SSSR count). The molecule has 0 saturated carbocycles. The van der Waals surface area contributed by atoms with Gasteiger partial charge in [-0.1, -0.05) is 109 Å². The molecule has 0 bridgehead atoms. The number of aromatic nitrogens is 2. The molecule has 3 aliphatic rings. The first kappa shape index (κ1) is 24.7. The maximum absolute atomic E-state index is 6.96. The number of para-hydroxylation sites is 1. The molecule has 1 aliphatic heterocycles. The fourth-order valence-electron chi connectivity index (χ4n) is 8.17. The highest BCUT2D eigenvalue weighted by molar-refractivity contribution is 6.03. The van der Waals surface area contributed by atoms with E-state index in [9.17, 15) is 0 Å². The summed E-state index contributed by atoms with van der Waals surface area (Å²) >= 11 is 0. The molecule has 5 aromatic carbocycles. The second-order valence-electron chi connectivity index (χ2n) is 12.3. The normalized spacial score (nSPS) is 15.8. The summed E-state index contributed by atoms with van der Waals surface area (Å²) in [6.45, 7) is 0. The number of hydrogen-bond acceptors (Lipinski definition) is 2. The average molecular weight is 577 g/mol. The number of ether oxygens (including phenoxy) is 1. The predicted molar refractivity (Wildman–Crippen MR) is 182 cm³/mol. The maximum Gasteiger partial charge on any atom is 0.135 e. The Hall–Kier alpha value is -5.67. The van der Waals surface area contributed by atoms with Crippen LogP contribution in [0, 0.1) is 0 Å². The van der Waals surface area contributed by atoms with Crippen LogP contribution in [0.4, 0.5) is 0 Å². The highest BCUT2D eigenvalue weighted by Crippen LogP contribution is 2.62. The lowest BCUT2D eigenvalue weighted by atomic mass is 9.63. The second-order valence-corrected chi connectivity index (χ2v) is 12.3. The van der Waals surface area contributed by atoms with Crippen LogP contribution in [0.25, 0.3) is 49.8 Å². The van der Waals surface area contributed by atoms with Gasteiger partial charge in [-0.05, 0) is 76.1 Å². The highest BCUT2D eigenvalue weighted by Gasteiger charge is 2.52. The number of fused-ring (bicyclic) bond motifs is 11. The van der Waals surface area contributed by atoms with E-state index in [1.54, 1.807) is 0 Å². The van der Waals surface area contributed by atoms with Crippen molar-refractivity contribution < 1.29 is 4.74 Å². The van der Waals surface area contributed by atoms with Crippen molar-refractivity contribution in [1.82, 2.24) is 9.97 Å². The van der Waals surface area contributed by atoms with Crippen LogP contribution in [0.1, 0.15) is 35.1 Å². The number of benzene rings is 5. The van der Waals surface area contributed by atoms with Gasteiger partial charge >= 0.3 is 0 Å². The molecule has 0 saturated heterocycles. The largest absolute Gasteiger partial charge is 0.456 e. The van der Waals surface area contributed by atoms with Crippen molar-refractivity contribution in [2.75, 3.05) is 0 Å². The topological polar surface area (TPSA) is 37.9 Å². The number of hydrogen-bond donors (Lipinski definition) is 1. The molecule has 0 atom stereocenters. The second kappa shape index (κ2) is 9.17. The Bertz CT molecular complexity index is 2380. The van der Waals surface area contributed by atoms with Gasteiger partial charge in [-0.25, -0.2) is 0 Å². The molecule has 1 N–H and O–H groups in total. The lowest BCUT2D eigenvalue weighted by Gasteiger charge is -2.43. The minimum atomic E-state index is -0.390. The minimum Gasteiger partial charge on any atom is -0.456 e. The van der Waals surface area contributed by atoms with Crippen molar-refractivity contribution in [2.45, 2.75) is 18.3 Å². The zero-order valence-electron chi connectivity index (χ0n) is 24.5. The molecule has 2 aromatic heterocycles. The highest BCUT2D eigenvalue weighted by atomic mass is 16.5. The van der Waals surface area contributed by atoms with Crippen LogP contribution in [-0.4, -0.2) is 9.97 Å². The van der Waals surface area contributed by atoms with Crippen LogP contribution in [0.2, 0.25) is 0 Å². The van der Waals surface area contributed by atoms with Gasteiger partial charge in [0.05, 0.1) is 16.4 Å². The molecule has 3 heterocycles. The van der Waals surface area contributed by atoms with Gasteiger partial charge in [-0.2, -0.15) is 0 Å². The number of pyridine rings is 1. The summed E-state index contributed by atoms with van der Waals surface area (Å²) in [6, 6.07) is 46.1. The molecule has 0 amide bonds. The van der Waals surface area contributed by atoms with Gasteiger partial charge in [0.25, 0.3) is 0 Å². The molecule has 212 valence electrons. The van der Waals surface area contributed by atoms with Gasteiger partial charge < -0.3 is 9.72 Å². The Balaban J connectivity index is 1.17. The fourth-order valence-corrected chi connectivity index (χ4v) is 8.17. The SMILES string of the molecule is C1=C(c2cccc(-c3ccc4ccc5ccnc5c4[nH]3)c2)C2=C(CC1)C1(c3ccccc3O2)c2ccccc2-c2ccccc21. The van der Waals surface area contributed by atoms with Crippen molar-refractivity contribution in [3.63, 3.8) is 0 Å². The summed E-state index contributed by atoms with van der Waals surface area (Å²) in [6.07, 6.45) is 6.14. The molecule has 0 unspecified atom stereocenters. The predicted octanol–water partition coefficient (Wildman–Crippen LogP) is 10.2. The van der Waals surface area contributed by atoms with Gasteiger partial charge in [0.2, 0.25) is 0 Å². The lowest BCUT2D eigenvalue weighted by molar-refractivity contribution is 0.394. The van der Waals surface area contributed by atoms with Crippen LogP contribution in [0.15, 0.2) is 151 Å². The zero-order chi connectivity index (χ0) is 29.5.